The average molecular weight is 346 g/mol. The van der Waals surface area contributed by atoms with E-state index in [9.17, 15) is 13.6 Å². The van der Waals surface area contributed by atoms with E-state index in [-0.39, 0.29) is 23.6 Å². The summed E-state index contributed by atoms with van der Waals surface area (Å²) in [5.74, 6) is -1.86. The Balaban J connectivity index is 2.78. The van der Waals surface area contributed by atoms with E-state index in [2.05, 4.69) is 17.3 Å². The van der Waals surface area contributed by atoms with Gasteiger partial charge in [-0.2, -0.15) is 4.99 Å². The van der Waals surface area contributed by atoms with Crippen molar-refractivity contribution in [2.75, 3.05) is 6.61 Å². The van der Waals surface area contributed by atoms with Crippen molar-refractivity contribution in [3.05, 3.63) is 76.6 Å². The van der Waals surface area contributed by atoms with Crippen LogP contribution < -0.4 is 5.73 Å². The molecule has 6 heteroatoms. The molecule has 1 aromatic rings. The molecule has 0 aromatic heterocycles. The van der Waals surface area contributed by atoms with Gasteiger partial charge in [0.1, 0.15) is 24.1 Å². The molecule has 0 saturated carbocycles. The number of nitrogens with two attached hydrogens (primary N) is 1. The predicted molar refractivity (Wildman–Crippen MR) is 94.4 cm³/mol. The lowest BCUT2D eigenvalue weighted by atomic mass is 10.1. The third-order valence-electron chi connectivity index (χ3n) is 3.10. The van der Waals surface area contributed by atoms with Gasteiger partial charge < -0.3 is 10.5 Å². The van der Waals surface area contributed by atoms with E-state index in [4.69, 9.17) is 10.5 Å². The third kappa shape index (κ3) is 6.57. The van der Waals surface area contributed by atoms with Gasteiger partial charge in [-0.1, -0.05) is 12.7 Å². The topological polar surface area (TPSA) is 64.7 Å². The van der Waals surface area contributed by atoms with Gasteiger partial charge in [0, 0.05) is 11.1 Å². The molecule has 0 fully saturated rings. The summed E-state index contributed by atoms with van der Waals surface area (Å²) in [6, 6.07) is 2.02. The molecule has 132 valence electrons. The van der Waals surface area contributed by atoms with Crippen LogP contribution in [0, 0.1) is 18.6 Å². The number of carbonyl (C=O) groups is 1. The fourth-order valence-electron chi connectivity index (χ4n) is 1.81. The molecule has 1 aromatic carbocycles. The minimum Gasteiger partial charge on any atom is -0.443 e. The molecule has 0 bridgehead atoms. The Morgan fingerprint density at radius 2 is 1.96 bits per heavy atom. The van der Waals surface area contributed by atoms with Crippen molar-refractivity contribution < 1.29 is 18.3 Å². The summed E-state index contributed by atoms with van der Waals surface area (Å²) in [6.45, 7) is 8.44. The van der Waals surface area contributed by atoms with Crippen molar-refractivity contribution in [3.63, 3.8) is 0 Å². The largest absolute Gasteiger partial charge is 0.443 e. The number of nitrogens with zero attached hydrogens (tertiary/aromatic N) is 1. The van der Waals surface area contributed by atoms with Crippen LogP contribution in [0.25, 0.3) is 0 Å². The van der Waals surface area contributed by atoms with Crippen LogP contribution in [0.15, 0.2) is 58.8 Å². The van der Waals surface area contributed by atoms with Crippen molar-refractivity contribution in [3.8, 4) is 0 Å². The van der Waals surface area contributed by atoms with Crippen molar-refractivity contribution in [1.29, 1.82) is 0 Å². The zero-order valence-corrected chi connectivity index (χ0v) is 14.4. The fraction of sp³-hybridized carbons (Fsp3) is 0.211. The summed E-state index contributed by atoms with van der Waals surface area (Å²) < 4.78 is 32.0. The van der Waals surface area contributed by atoms with E-state index in [1.807, 2.05) is 6.92 Å². The predicted octanol–water partition coefficient (Wildman–Crippen LogP) is 4.35. The highest BCUT2D eigenvalue weighted by atomic mass is 19.1. The highest BCUT2D eigenvalue weighted by Crippen LogP contribution is 2.14. The minimum atomic E-state index is -0.949. The van der Waals surface area contributed by atoms with Gasteiger partial charge in [0.25, 0.3) is 0 Å². The molecule has 1 amide bonds. The Hall–Kier alpha value is -2.98. The van der Waals surface area contributed by atoms with Crippen LogP contribution in [-0.4, -0.2) is 18.5 Å². The minimum absolute atomic E-state index is 0.000652. The molecule has 0 saturated heterocycles. The normalized spacial score (nSPS) is 11.6. The maximum Gasteiger partial charge on any atom is 0.435 e. The maximum absolute atomic E-state index is 13.5. The van der Waals surface area contributed by atoms with Crippen LogP contribution in [0.5, 0.6) is 0 Å². The van der Waals surface area contributed by atoms with Gasteiger partial charge in [0.05, 0.1) is 0 Å². The van der Waals surface area contributed by atoms with E-state index in [0.717, 1.165) is 23.3 Å². The second-order valence-corrected chi connectivity index (χ2v) is 5.34. The van der Waals surface area contributed by atoms with Crippen LogP contribution in [0.3, 0.4) is 0 Å². The van der Waals surface area contributed by atoms with E-state index >= 15 is 0 Å². The van der Waals surface area contributed by atoms with Crippen LogP contribution in [0.1, 0.15) is 25.0 Å². The number of allylic oxidation sites excluding steroid dienone is 3. The quantitative estimate of drug-likeness (QED) is 0.373. The zero-order valence-electron chi connectivity index (χ0n) is 14.4. The fourth-order valence-corrected chi connectivity index (χ4v) is 1.81. The van der Waals surface area contributed by atoms with E-state index in [1.165, 1.54) is 6.92 Å². The molecule has 0 aliphatic carbocycles. The van der Waals surface area contributed by atoms with Crippen molar-refractivity contribution in [1.82, 2.24) is 0 Å². The standard InChI is InChI=1S/C19H20F2N2O2/c1-5-6-7-12(2)8-13(3)11-25-19(24)23-18(22)15-9-16(20)14(4)17(21)10-15/h5-6,8-10H,1,11H2,2-4H3,(H2,22,23,24)/b13-8+. The van der Waals surface area contributed by atoms with Crippen LogP contribution in [0.4, 0.5) is 13.6 Å². The van der Waals surface area contributed by atoms with Gasteiger partial charge in [0.2, 0.25) is 0 Å². The molecule has 0 atom stereocenters. The monoisotopic (exact) mass is 346 g/mol. The first kappa shape index (κ1) is 20.1. The maximum atomic E-state index is 13.5. The van der Waals surface area contributed by atoms with Gasteiger partial charge >= 0.3 is 6.09 Å². The van der Waals surface area contributed by atoms with Gasteiger partial charge in [-0.3, -0.25) is 0 Å². The molecule has 0 spiro atoms. The first-order valence-electron chi connectivity index (χ1n) is 7.43. The summed E-state index contributed by atoms with van der Waals surface area (Å²) in [4.78, 5) is 15.2. The Morgan fingerprint density at radius 3 is 2.52 bits per heavy atom. The highest BCUT2D eigenvalue weighted by molar-refractivity contribution is 6.02. The van der Waals surface area contributed by atoms with Crippen LogP contribution >= 0.6 is 0 Å². The van der Waals surface area contributed by atoms with E-state index in [1.54, 1.807) is 25.2 Å². The molecule has 1 rings (SSSR count). The summed E-state index contributed by atoms with van der Waals surface area (Å²) in [7, 11) is 0. The van der Waals surface area contributed by atoms with Gasteiger partial charge in [0.15, 0.2) is 0 Å². The Labute approximate surface area is 145 Å². The summed E-state index contributed by atoms with van der Waals surface area (Å²) in [5.41, 5.74) is 9.99. The highest BCUT2D eigenvalue weighted by Gasteiger charge is 2.11. The van der Waals surface area contributed by atoms with Crippen molar-refractivity contribution >= 4 is 11.9 Å². The number of benzene rings is 1. The number of amides is 1. The molecule has 4 nitrogen and oxygen atoms in total. The molecule has 0 heterocycles. The third-order valence-corrected chi connectivity index (χ3v) is 3.10. The number of carbonyl (C=O) groups excluding carboxylic acids is 1. The second kappa shape index (κ2) is 9.35. The molecule has 0 radical (unpaired) electrons. The molecule has 2 N–H and O–H groups in total. The number of amidine groups is 1. The van der Waals surface area contributed by atoms with Gasteiger partial charge in [-0.15, -0.1) is 5.73 Å². The van der Waals surface area contributed by atoms with Crippen LogP contribution in [0.2, 0.25) is 0 Å². The molecule has 25 heavy (non-hydrogen) atoms. The lowest BCUT2D eigenvalue weighted by Crippen LogP contribution is -2.17. The number of halogens is 2. The SMILES string of the molecule is C=CC=C=C(C)/C=C(\C)COC(=O)/N=C(\N)c1cc(F)c(C)c(F)c1. The van der Waals surface area contributed by atoms with E-state index < -0.39 is 17.7 Å². The number of hydrogen-bond acceptors (Lipinski definition) is 2. The van der Waals surface area contributed by atoms with Crippen LogP contribution in [-0.2, 0) is 4.74 Å². The lowest BCUT2D eigenvalue weighted by Gasteiger charge is -2.05. The van der Waals surface area contributed by atoms with Gasteiger partial charge in [-0.05, 0) is 56.2 Å². The summed E-state index contributed by atoms with van der Waals surface area (Å²) in [5, 5.41) is 0. The Morgan fingerprint density at radius 1 is 1.36 bits per heavy atom. The number of aliphatic imine (C=N–C) groups is 1. The molecular weight excluding hydrogens is 326 g/mol. The lowest BCUT2D eigenvalue weighted by molar-refractivity contribution is 0.167. The first-order chi connectivity index (χ1) is 11.7. The number of ether oxygens (including phenoxy) is 1. The second-order valence-electron chi connectivity index (χ2n) is 5.34. The number of rotatable bonds is 5. The van der Waals surface area contributed by atoms with Gasteiger partial charge in [-0.25, -0.2) is 13.6 Å². The average Bonchev–Trinajstić information content (AvgIpc) is 2.55. The molecular formula is C19H20F2N2O2. The van der Waals surface area contributed by atoms with Crippen molar-refractivity contribution in [2.45, 2.75) is 20.8 Å². The molecule has 0 unspecified atom stereocenters. The first-order valence-corrected chi connectivity index (χ1v) is 7.43. The Bertz CT molecular complexity index is 779. The molecule has 0 aliphatic rings. The van der Waals surface area contributed by atoms with E-state index in [0.29, 0.717) is 0 Å². The molecule has 0 aliphatic heterocycles. The summed E-state index contributed by atoms with van der Waals surface area (Å²) >= 11 is 0. The zero-order chi connectivity index (χ0) is 19.0. The van der Waals surface area contributed by atoms with Crippen molar-refractivity contribution in [2.24, 2.45) is 10.7 Å². The summed E-state index contributed by atoms with van der Waals surface area (Å²) in [6.07, 6.45) is 4.09. The Kier molecular flexibility index (Phi) is 7.50. The smallest absolute Gasteiger partial charge is 0.435 e. The number of hydrogen-bond donors (Lipinski definition) is 1.